The molecule has 0 bridgehead atoms. The summed E-state index contributed by atoms with van der Waals surface area (Å²) in [7, 11) is 1.77. The van der Waals surface area contributed by atoms with Crippen LogP contribution < -0.4 is 0 Å². The van der Waals surface area contributed by atoms with E-state index in [-0.39, 0.29) is 0 Å². The first-order chi connectivity index (χ1) is 3.30. The van der Waals surface area contributed by atoms with Crippen molar-refractivity contribution >= 4 is 11.6 Å². The van der Waals surface area contributed by atoms with Crippen LogP contribution in [-0.2, 0) is 4.84 Å². The molecule has 0 saturated heterocycles. The topological polar surface area (TPSA) is 12.5 Å². The Hall–Kier alpha value is -0.210. The van der Waals surface area contributed by atoms with Gasteiger partial charge in [0, 0.05) is 7.05 Å². The Kier molecular flexibility index (Phi) is 1.21. The van der Waals surface area contributed by atoms with Crippen LogP contribution in [0.1, 0.15) is 0 Å². The molecule has 0 fully saturated rings. The normalized spacial score (nSPS) is 20.3. The third-order valence-electron chi connectivity index (χ3n) is 0.821. The van der Waals surface area contributed by atoms with Gasteiger partial charge < -0.3 is 0 Å². The Bertz CT molecular complexity index is 102. The molecule has 3 heteroatoms. The van der Waals surface area contributed by atoms with Crippen LogP contribution in [-0.4, -0.2) is 18.7 Å². The summed E-state index contributed by atoms with van der Waals surface area (Å²) in [5, 5.41) is 2.20. The molecule has 0 aromatic heterocycles. The van der Waals surface area contributed by atoms with E-state index in [4.69, 9.17) is 16.4 Å². The minimum absolute atomic E-state index is 0.606. The van der Waals surface area contributed by atoms with Gasteiger partial charge in [0.1, 0.15) is 5.16 Å². The molecule has 0 N–H and O–H groups in total. The van der Waals surface area contributed by atoms with Gasteiger partial charge in [-0.1, -0.05) is 11.6 Å². The first-order valence-electron chi connectivity index (χ1n) is 2.03. The van der Waals surface area contributed by atoms with Crippen molar-refractivity contribution in [1.29, 1.82) is 0 Å². The highest BCUT2D eigenvalue weighted by Gasteiger charge is 2.05. The second-order valence-corrected chi connectivity index (χ2v) is 1.71. The lowest BCUT2D eigenvalue weighted by atomic mass is 10.7. The van der Waals surface area contributed by atoms with Crippen LogP contribution in [0.4, 0.5) is 0 Å². The van der Waals surface area contributed by atoms with E-state index < -0.39 is 0 Å². The fourth-order valence-corrected chi connectivity index (χ4v) is 0.520. The van der Waals surface area contributed by atoms with Crippen molar-refractivity contribution in [3.05, 3.63) is 11.2 Å². The highest BCUT2D eigenvalue weighted by atomic mass is 35.5. The van der Waals surface area contributed by atoms with Gasteiger partial charge in [-0.2, -0.15) is 0 Å². The molecule has 1 aliphatic heterocycles. The number of hydroxylamine groups is 2. The Morgan fingerprint density at radius 2 is 2.71 bits per heavy atom. The zero-order chi connectivity index (χ0) is 5.28. The van der Waals surface area contributed by atoms with Gasteiger partial charge in [-0.05, 0) is 6.08 Å². The van der Waals surface area contributed by atoms with Crippen molar-refractivity contribution in [2.24, 2.45) is 0 Å². The minimum atomic E-state index is 0.606. The average molecular weight is 120 g/mol. The van der Waals surface area contributed by atoms with Gasteiger partial charge in [0.2, 0.25) is 0 Å². The molecule has 0 amide bonds. The molecule has 7 heavy (non-hydrogen) atoms. The molecule has 0 atom stereocenters. The van der Waals surface area contributed by atoms with Crippen molar-refractivity contribution < 1.29 is 4.84 Å². The lowest BCUT2D eigenvalue weighted by molar-refractivity contribution is -0.0712. The third-order valence-corrected chi connectivity index (χ3v) is 1.21. The van der Waals surface area contributed by atoms with E-state index in [0.717, 1.165) is 0 Å². The van der Waals surface area contributed by atoms with E-state index in [2.05, 4.69) is 0 Å². The maximum absolute atomic E-state index is 5.52. The summed E-state index contributed by atoms with van der Waals surface area (Å²) in [6.07, 6.45) is 1.81. The van der Waals surface area contributed by atoms with E-state index in [1.165, 1.54) is 5.06 Å². The van der Waals surface area contributed by atoms with Gasteiger partial charge in [-0.3, -0.25) is 4.84 Å². The Morgan fingerprint density at radius 3 is 2.86 bits per heavy atom. The predicted molar refractivity (Wildman–Crippen MR) is 27.7 cm³/mol. The average Bonchev–Trinajstić information content (AvgIpc) is 1.91. The Labute approximate surface area is 47.3 Å². The van der Waals surface area contributed by atoms with Crippen molar-refractivity contribution in [3.8, 4) is 0 Å². The van der Waals surface area contributed by atoms with Gasteiger partial charge in [-0.25, -0.2) is 5.06 Å². The van der Waals surface area contributed by atoms with Crippen LogP contribution in [0.3, 0.4) is 0 Å². The standard InChI is InChI=1S/C4H6ClNO/c1-6-4(5)2-3-7-6/h2H,3H2,1H3. The summed E-state index contributed by atoms with van der Waals surface area (Å²) in [4.78, 5) is 4.87. The first-order valence-corrected chi connectivity index (χ1v) is 2.41. The largest absolute Gasteiger partial charge is 0.269 e. The summed E-state index contributed by atoms with van der Waals surface area (Å²) in [5.74, 6) is 0. The van der Waals surface area contributed by atoms with Gasteiger partial charge in [-0.15, -0.1) is 0 Å². The maximum Gasteiger partial charge on any atom is 0.127 e. The zero-order valence-electron chi connectivity index (χ0n) is 4.02. The summed E-state index contributed by atoms with van der Waals surface area (Å²) in [5.41, 5.74) is 0. The van der Waals surface area contributed by atoms with E-state index >= 15 is 0 Å². The summed E-state index contributed by atoms with van der Waals surface area (Å²) in [6, 6.07) is 0. The molecule has 1 heterocycles. The number of nitrogens with zero attached hydrogens (tertiary/aromatic N) is 1. The Balaban J connectivity index is 2.54. The van der Waals surface area contributed by atoms with Crippen molar-refractivity contribution in [2.75, 3.05) is 13.7 Å². The highest BCUT2D eigenvalue weighted by molar-refractivity contribution is 6.29. The van der Waals surface area contributed by atoms with Crippen LogP contribution in [0.2, 0.25) is 0 Å². The molecular formula is C4H6ClNO. The monoisotopic (exact) mass is 119 g/mol. The molecule has 0 spiro atoms. The van der Waals surface area contributed by atoms with Gasteiger partial charge in [0.25, 0.3) is 0 Å². The van der Waals surface area contributed by atoms with Crippen LogP contribution in [0.5, 0.6) is 0 Å². The lowest BCUT2D eigenvalue weighted by Gasteiger charge is -2.06. The van der Waals surface area contributed by atoms with Crippen molar-refractivity contribution in [3.63, 3.8) is 0 Å². The number of halogens is 1. The second kappa shape index (κ2) is 1.72. The van der Waals surface area contributed by atoms with Gasteiger partial charge in [0.15, 0.2) is 0 Å². The second-order valence-electron chi connectivity index (χ2n) is 1.32. The SMILES string of the molecule is CN1OCC=C1Cl. The zero-order valence-corrected chi connectivity index (χ0v) is 4.77. The summed E-state index contributed by atoms with van der Waals surface area (Å²) < 4.78 is 0. The lowest BCUT2D eigenvalue weighted by Crippen LogP contribution is -2.07. The molecular weight excluding hydrogens is 114 g/mol. The van der Waals surface area contributed by atoms with Gasteiger partial charge in [0.05, 0.1) is 6.61 Å². The first kappa shape index (κ1) is 4.94. The molecule has 2 nitrogen and oxygen atoms in total. The smallest absolute Gasteiger partial charge is 0.127 e. The fraction of sp³-hybridized carbons (Fsp3) is 0.500. The molecule has 1 rings (SSSR count). The fourth-order valence-electron chi connectivity index (χ4n) is 0.408. The predicted octanol–water partition coefficient (Wildman–Crippen LogP) is 0.944. The van der Waals surface area contributed by atoms with E-state index in [1.807, 2.05) is 6.08 Å². The molecule has 0 unspecified atom stereocenters. The summed E-state index contributed by atoms with van der Waals surface area (Å²) >= 11 is 5.52. The maximum atomic E-state index is 5.52. The van der Waals surface area contributed by atoms with Gasteiger partial charge >= 0.3 is 0 Å². The van der Waals surface area contributed by atoms with E-state index in [1.54, 1.807) is 7.05 Å². The van der Waals surface area contributed by atoms with Crippen LogP contribution >= 0.6 is 11.6 Å². The molecule has 0 aromatic rings. The molecule has 40 valence electrons. The van der Waals surface area contributed by atoms with Crippen LogP contribution in [0, 0.1) is 0 Å². The van der Waals surface area contributed by atoms with E-state index in [9.17, 15) is 0 Å². The number of hydrogen-bond acceptors (Lipinski definition) is 2. The third kappa shape index (κ3) is 0.868. The highest BCUT2D eigenvalue weighted by Crippen LogP contribution is 2.12. The molecule has 0 aromatic carbocycles. The van der Waals surface area contributed by atoms with Crippen LogP contribution in [0.15, 0.2) is 11.2 Å². The Morgan fingerprint density at radius 1 is 2.00 bits per heavy atom. The quantitative estimate of drug-likeness (QED) is 0.440. The summed E-state index contributed by atoms with van der Waals surface area (Å²) in [6.45, 7) is 0.606. The molecule has 0 radical (unpaired) electrons. The minimum Gasteiger partial charge on any atom is -0.269 e. The van der Waals surface area contributed by atoms with E-state index in [0.29, 0.717) is 11.8 Å². The molecule has 0 aliphatic carbocycles. The van der Waals surface area contributed by atoms with Crippen LogP contribution in [0.25, 0.3) is 0 Å². The van der Waals surface area contributed by atoms with Crippen molar-refractivity contribution in [2.45, 2.75) is 0 Å². The van der Waals surface area contributed by atoms with Crippen molar-refractivity contribution in [1.82, 2.24) is 5.06 Å². The molecule has 0 saturated carbocycles. The number of rotatable bonds is 0. The molecule has 1 aliphatic rings. The number of hydrogen-bond donors (Lipinski definition) is 0.